The Hall–Kier alpha value is -2.03. The molecule has 26 heavy (non-hydrogen) atoms. The van der Waals surface area contributed by atoms with Gasteiger partial charge in [-0.15, -0.1) is 0 Å². The number of hydrogen-bond donors (Lipinski definition) is 2. The van der Waals surface area contributed by atoms with E-state index in [-0.39, 0.29) is 17.3 Å². The van der Waals surface area contributed by atoms with E-state index in [0.29, 0.717) is 20.9 Å². The van der Waals surface area contributed by atoms with E-state index in [9.17, 15) is 8.78 Å². The van der Waals surface area contributed by atoms with Crippen LogP contribution < -0.4 is 10.6 Å². The third kappa shape index (κ3) is 4.38. The third-order valence-corrected chi connectivity index (χ3v) is 4.59. The molecule has 0 radical (unpaired) electrons. The fourth-order valence-corrected chi connectivity index (χ4v) is 3.08. The molecule has 1 heterocycles. The van der Waals surface area contributed by atoms with Crippen molar-refractivity contribution in [3.05, 3.63) is 75.4 Å². The van der Waals surface area contributed by atoms with E-state index in [4.69, 9.17) is 23.8 Å². The van der Waals surface area contributed by atoms with Crippen LogP contribution in [0, 0.1) is 11.6 Å². The Labute approximate surface area is 167 Å². The van der Waals surface area contributed by atoms with Crippen LogP contribution >= 0.6 is 39.7 Å². The Morgan fingerprint density at radius 1 is 1.12 bits per heavy atom. The maximum atomic E-state index is 13.9. The average molecular weight is 458 g/mol. The van der Waals surface area contributed by atoms with Crippen LogP contribution in [-0.4, -0.2) is 14.9 Å². The lowest BCUT2D eigenvalue weighted by molar-refractivity contribution is 0.586. The van der Waals surface area contributed by atoms with Gasteiger partial charge < -0.3 is 10.6 Å². The monoisotopic (exact) mass is 456 g/mol. The molecule has 0 atom stereocenters. The number of nitrogens with one attached hydrogen (secondary N) is 2. The quantitative estimate of drug-likeness (QED) is 0.512. The molecular formula is C17H12BrClF2N4S. The number of rotatable bonds is 4. The van der Waals surface area contributed by atoms with Crippen LogP contribution in [0.4, 0.5) is 20.3 Å². The zero-order valence-electron chi connectivity index (χ0n) is 13.1. The average Bonchev–Trinajstić information content (AvgIpc) is 2.93. The SMILES string of the molecule is Fc1ccccc1NC(=S)Nc1nn(Cc2c(F)cccc2Cl)cc1Br. The van der Waals surface area contributed by atoms with Crippen molar-refractivity contribution in [3.63, 3.8) is 0 Å². The summed E-state index contributed by atoms with van der Waals surface area (Å²) >= 11 is 14.6. The number of halogens is 4. The van der Waals surface area contributed by atoms with Gasteiger partial charge in [0.05, 0.1) is 16.7 Å². The molecule has 4 nitrogen and oxygen atoms in total. The van der Waals surface area contributed by atoms with E-state index in [1.807, 2.05) is 0 Å². The normalized spacial score (nSPS) is 10.6. The molecule has 134 valence electrons. The molecule has 0 unspecified atom stereocenters. The van der Waals surface area contributed by atoms with Crippen LogP contribution in [0.1, 0.15) is 5.56 Å². The fraction of sp³-hybridized carbons (Fsp3) is 0.0588. The second-order valence-corrected chi connectivity index (χ2v) is 6.95. The van der Waals surface area contributed by atoms with Gasteiger partial charge in [0.2, 0.25) is 0 Å². The fourth-order valence-electron chi connectivity index (χ4n) is 2.23. The Morgan fingerprint density at radius 3 is 2.58 bits per heavy atom. The Morgan fingerprint density at radius 2 is 1.85 bits per heavy atom. The van der Waals surface area contributed by atoms with Gasteiger partial charge in [-0.05, 0) is 52.4 Å². The summed E-state index contributed by atoms with van der Waals surface area (Å²) in [7, 11) is 0. The third-order valence-electron chi connectivity index (χ3n) is 3.45. The first-order valence-corrected chi connectivity index (χ1v) is 9.00. The minimum absolute atomic E-state index is 0.152. The molecule has 9 heteroatoms. The van der Waals surface area contributed by atoms with Crippen molar-refractivity contribution in [3.8, 4) is 0 Å². The molecule has 3 rings (SSSR count). The van der Waals surface area contributed by atoms with Crippen LogP contribution in [0.15, 0.2) is 53.1 Å². The van der Waals surface area contributed by atoms with Crippen molar-refractivity contribution < 1.29 is 8.78 Å². The van der Waals surface area contributed by atoms with Gasteiger partial charge in [0.25, 0.3) is 0 Å². The lowest BCUT2D eigenvalue weighted by atomic mass is 10.2. The smallest absolute Gasteiger partial charge is 0.176 e. The highest BCUT2D eigenvalue weighted by atomic mass is 79.9. The molecule has 0 spiro atoms. The van der Waals surface area contributed by atoms with Gasteiger partial charge >= 0.3 is 0 Å². The number of thiocarbonyl (C=S) groups is 1. The predicted octanol–water partition coefficient (Wildman–Crippen LogP) is 5.43. The van der Waals surface area contributed by atoms with Gasteiger partial charge in [-0.3, -0.25) is 4.68 Å². The first-order chi connectivity index (χ1) is 12.4. The minimum atomic E-state index is -0.421. The van der Waals surface area contributed by atoms with E-state index in [2.05, 4.69) is 31.7 Å². The first kappa shape index (κ1) is 18.8. The standard InChI is InChI=1S/C17H12BrClF2N4S/c18-11-9-25(8-10-12(19)4-3-6-13(10)20)24-16(11)23-17(26)22-15-7-2-1-5-14(15)21/h1-7,9H,8H2,(H2,22,23,24,26). The zero-order chi connectivity index (χ0) is 18.7. The molecule has 0 aliphatic rings. The highest BCUT2D eigenvalue weighted by Crippen LogP contribution is 2.24. The molecule has 0 saturated carbocycles. The number of benzene rings is 2. The summed E-state index contributed by atoms with van der Waals surface area (Å²) in [5, 5.41) is 10.4. The van der Waals surface area contributed by atoms with E-state index in [0.717, 1.165) is 0 Å². The maximum absolute atomic E-state index is 13.9. The van der Waals surface area contributed by atoms with E-state index in [1.165, 1.54) is 16.8 Å². The van der Waals surface area contributed by atoms with Crippen molar-refractivity contribution in [2.75, 3.05) is 10.6 Å². The van der Waals surface area contributed by atoms with Gasteiger partial charge in [-0.25, -0.2) is 8.78 Å². The van der Waals surface area contributed by atoms with E-state index < -0.39 is 11.6 Å². The molecule has 0 aliphatic heterocycles. The number of anilines is 2. The van der Waals surface area contributed by atoms with Crippen LogP contribution in [-0.2, 0) is 6.54 Å². The maximum Gasteiger partial charge on any atom is 0.176 e. The van der Waals surface area contributed by atoms with E-state index >= 15 is 0 Å². The number of nitrogens with zero attached hydrogens (tertiary/aromatic N) is 2. The van der Waals surface area contributed by atoms with Gasteiger partial charge in [-0.1, -0.05) is 29.8 Å². The van der Waals surface area contributed by atoms with Gasteiger partial charge in [-0.2, -0.15) is 5.10 Å². The summed E-state index contributed by atoms with van der Waals surface area (Å²) in [5.74, 6) is -0.419. The predicted molar refractivity (Wildman–Crippen MR) is 107 cm³/mol. The zero-order valence-corrected chi connectivity index (χ0v) is 16.3. The number of aromatic nitrogens is 2. The number of hydrogen-bond acceptors (Lipinski definition) is 2. The van der Waals surface area contributed by atoms with Crippen LogP contribution in [0.2, 0.25) is 5.02 Å². The molecule has 2 aromatic carbocycles. The molecule has 0 aliphatic carbocycles. The summed E-state index contributed by atoms with van der Waals surface area (Å²) in [5.41, 5.74) is 0.585. The second-order valence-electron chi connectivity index (χ2n) is 5.28. The first-order valence-electron chi connectivity index (χ1n) is 7.42. The minimum Gasteiger partial charge on any atom is -0.330 e. The number of para-hydroxylation sites is 1. The summed E-state index contributed by atoms with van der Waals surface area (Å²) in [4.78, 5) is 0. The van der Waals surface area contributed by atoms with Crippen LogP contribution in [0.25, 0.3) is 0 Å². The Kier molecular flexibility index (Phi) is 5.85. The lowest BCUT2D eigenvalue weighted by Gasteiger charge is -2.09. The molecule has 1 aromatic heterocycles. The largest absolute Gasteiger partial charge is 0.330 e. The molecular weight excluding hydrogens is 446 g/mol. The van der Waals surface area contributed by atoms with Crippen molar-refractivity contribution >= 4 is 56.4 Å². The molecule has 0 saturated heterocycles. The topological polar surface area (TPSA) is 41.9 Å². The second kappa shape index (κ2) is 8.11. The molecule has 3 aromatic rings. The van der Waals surface area contributed by atoms with Gasteiger partial charge in [0.15, 0.2) is 10.9 Å². The summed E-state index contributed by atoms with van der Waals surface area (Å²) < 4.78 is 29.7. The summed E-state index contributed by atoms with van der Waals surface area (Å²) in [6, 6.07) is 10.7. The van der Waals surface area contributed by atoms with Gasteiger partial charge in [0, 0.05) is 16.8 Å². The highest BCUT2D eigenvalue weighted by molar-refractivity contribution is 9.10. The van der Waals surface area contributed by atoms with Crippen molar-refractivity contribution in [2.45, 2.75) is 6.54 Å². The molecule has 0 fully saturated rings. The van der Waals surface area contributed by atoms with Crippen LogP contribution in [0.5, 0.6) is 0 Å². The van der Waals surface area contributed by atoms with Crippen molar-refractivity contribution in [1.29, 1.82) is 0 Å². The van der Waals surface area contributed by atoms with Gasteiger partial charge in [0.1, 0.15) is 11.6 Å². The highest BCUT2D eigenvalue weighted by Gasteiger charge is 2.13. The summed E-state index contributed by atoms with van der Waals surface area (Å²) in [6.45, 7) is 0.152. The molecule has 2 N–H and O–H groups in total. The van der Waals surface area contributed by atoms with Crippen LogP contribution in [0.3, 0.4) is 0 Å². The van der Waals surface area contributed by atoms with Crippen molar-refractivity contribution in [1.82, 2.24) is 9.78 Å². The Bertz CT molecular complexity index is 943. The Balaban J connectivity index is 1.72. The molecule has 0 bridgehead atoms. The molecule has 0 amide bonds. The summed E-state index contributed by atoms with van der Waals surface area (Å²) in [6.07, 6.45) is 1.66. The lowest BCUT2D eigenvalue weighted by Crippen LogP contribution is -2.20. The van der Waals surface area contributed by atoms with E-state index in [1.54, 1.807) is 36.5 Å². The van der Waals surface area contributed by atoms with Crippen molar-refractivity contribution in [2.24, 2.45) is 0 Å².